The number of nitrogens with zero attached hydrogens (tertiary/aromatic N) is 2. The van der Waals surface area contributed by atoms with Crippen LogP contribution >= 0.6 is 0 Å². The van der Waals surface area contributed by atoms with E-state index in [1.165, 1.54) is 57.4 Å². The number of alkyl halides is 2. The predicted octanol–water partition coefficient (Wildman–Crippen LogP) is 4.37. The molecule has 8 nitrogen and oxygen atoms in total. The molecule has 0 radical (unpaired) electrons. The van der Waals surface area contributed by atoms with Gasteiger partial charge in [-0.25, -0.2) is 17.5 Å². The SMILES string of the molecule is Cc1cc(C(=O)[C@@H](C)OC(=O)c2ccc(S(=O)(=O)N(C)C)cc2)c(C)n1-c1ccc(OC(F)F)cc1. The van der Waals surface area contributed by atoms with Gasteiger partial charge in [0.05, 0.1) is 10.5 Å². The molecule has 0 bridgehead atoms. The topological polar surface area (TPSA) is 94.9 Å². The number of sulfonamides is 1. The molecular formula is C25H26F2N2O6S. The smallest absolute Gasteiger partial charge is 0.387 e. The van der Waals surface area contributed by atoms with Crippen LogP contribution in [0.25, 0.3) is 5.69 Å². The van der Waals surface area contributed by atoms with Gasteiger partial charge in [-0.1, -0.05) is 0 Å². The summed E-state index contributed by atoms with van der Waals surface area (Å²) in [5.41, 5.74) is 2.39. The maximum absolute atomic E-state index is 13.1. The number of benzene rings is 2. The molecule has 36 heavy (non-hydrogen) atoms. The Balaban J connectivity index is 1.76. The zero-order valence-corrected chi connectivity index (χ0v) is 21.2. The quantitative estimate of drug-likeness (QED) is 0.307. The number of aryl methyl sites for hydroxylation is 1. The molecule has 0 fully saturated rings. The summed E-state index contributed by atoms with van der Waals surface area (Å²) in [5.74, 6) is -1.18. The molecule has 0 aliphatic rings. The van der Waals surface area contributed by atoms with Crippen LogP contribution in [-0.4, -0.2) is 55.9 Å². The molecule has 11 heteroatoms. The van der Waals surface area contributed by atoms with Gasteiger partial charge in [-0.05, 0) is 75.4 Å². The summed E-state index contributed by atoms with van der Waals surface area (Å²) in [6.45, 7) is 2.03. The second-order valence-corrected chi connectivity index (χ2v) is 10.4. The Bertz CT molecular complexity index is 1360. The monoisotopic (exact) mass is 520 g/mol. The Morgan fingerprint density at radius 2 is 1.56 bits per heavy atom. The average molecular weight is 521 g/mol. The normalized spacial score (nSPS) is 12.6. The van der Waals surface area contributed by atoms with Crippen LogP contribution in [0.15, 0.2) is 59.5 Å². The van der Waals surface area contributed by atoms with Crippen LogP contribution in [0.5, 0.6) is 5.75 Å². The molecular weight excluding hydrogens is 494 g/mol. The van der Waals surface area contributed by atoms with Crippen LogP contribution in [-0.2, 0) is 14.8 Å². The second-order valence-electron chi connectivity index (χ2n) is 8.22. The van der Waals surface area contributed by atoms with Crippen molar-refractivity contribution in [1.29, 1.82) is 0 Å². The fraction of sp³-hybridized carbons (Fsp3) is 0.280. The zero-order chi connectivity index (χ0) is 26.8. The Kier molecular flexibility index (Phi) is 7.95. The standard InChI is InChI=1S/C25H26F2N2O6S/c1-15-14-22(16(2)29(15)19-8-10-20(11-9-19)35-25(26)27)23(30)17(3)34-24(31)18-6-12-21(13-7-18)36(32,33)28(4)5/h6-14,17,25H,1-5H3/t17-/m1/s1. The van der Waals surface area contributed by atoms with Gasteiger partial charge in [0.1, 0.15) is 5.75 Å². The minimum atomic E-state index is -3.64. The number of Topliss-reactive ketones (excluding diaryl/α,β-unsaturated/α-hetero) is 1. The molecule has 0 unspecified atom stereocenters. The summed E-state index contributed by atoms with van der Waals surface area (Å²) in [6, 6.07) is 12.9. The first-order valence-corrected chi connectivity index (χ1v) is 12.3. The van der Waals surface area contributed by atoms with Gasteiger partial charge in [0, 0.05) is 36.7 Å². The number of ether oxygens (including phenoxy) is 2. The second kappa shape index (κ2) is 10.6. The molecule has 0 spiro atoms. The van der Waals surface area contributed by atoms with E-state index in [0.29, 0.717) is 16.9 Å². The summed E-state index contributed by atoms with van der Waals surface area (Å²) in [5, 5.41) is 0. The number of rotatable bonds is 9. The first-order valence-electron chi connectivity index (χ1n) is 10.8. The molecule has 0 aliphatic carbocycles. The van der Waals surface area contributed by atoms with Gasteiger partial charge in [0.2, 0.25) is 15.8 Å². The average Bonchev–Trinajstić information content (AvgIpc) is 3.12. The summed E-state index contributed by atoms with van der Waals surface area (Å²) < 4.78 is 61.7. The van der Waals surface area contributed by atoms with Crippen molar-refractivity contribution < 1.29 is 36.3 Å². The van der Waals surface area contributed by atoms with Gasteiger partial charge in [0.15, 0.2) is 6.10 Å². The molecule has 1 aromatic heterocycles. The highest BCUT2D eigenvalue weighted by molar-refractivity contribution is 7.89. The van der Waals surface area contributed by atoms with E-state index in [1.54, 1.807) is 36.6 Å². The number of carbonyl (C=O) groups is 2. The molecule has 1 heterocycles. The van der Waals surface area contributed by atoms with Crippen molar-refractivity contribution in [3.63, 3.8) is 0 Å². The molecule has 0 amide bonds. The lowest BCUT2D eigenvalue weighted by Gasteiger charge is -2.14. The van der Waals surface area contributed by atoms with Crippen molar-refractivity contribution in [2.45, 2.75) is 38.4 Å². The van der Waals surface area contributed by atoms with Crippen molar-refractivity contribution >= 4 is 21.8 Å². The van der Waals surface area contributed by atoms with Crippen LogP contribution in [0.1, 0.15) is 39.0 Å². The van der Waals surface area contributed by atoms with E-state index in [2.05, 4.69) is 4.74 Å². The lowest BCUT2D eigenvalue weighted by atomic mass is 10.1. The Morgan fingerprint density at radius 1 is 0.972 bits per heavy atom. The largest absolute Gasteiger partial charge is 0.451 e. The third-order valence-electron chi connectivity index (χ3n) is 5.54. The number of esters is 1. The Hall–Kier alpha value is -3.57. The van der Waals surface area contributed by atoms with Crippen molar-refractivity contribution in [1.82, 2.24) is 8.87 Å². The third-order valence-corrected chi connectivity index (χ3v) is 7.37. The van der Waals surface area contributed by atoms with Crippen molar-refractivity contribution in [2.75, 3.05) is 14.1 Å². The summed E-state index contributed by atoms with van der Waals surface area (Å²) >= 11 is 0. The molecule has 3 aromatic rings. The summed E-state index contributed by atoms with van der Waals surface area (Å²) in [7, 11) is -0.842. The van der Waals surface area contributed by atoms with Gasteiger partial charge in [-0.2, -0.15) is 8.78 Å². The van der Waals surface area contributed by atoms with Crippen molar-refractivity contribution in [3.8, 4) is 11.4 Å². The van der Waals surface area contributed by atoms with Gasteiger partial charge < -0.3 is 14.0 Å². The van der Waals surface area contributed by atoms with Crippen LogP contribution in [0.4, 0.5) is 8.78 Å². The third kappa shape index (κ3) is 5.63. The van der Waals surface area contributed by atoms with E-state index in [0.717, 1.165) is 10.00 Å². The zero-order valence-electron chi connectivity index (χ0n) is 20.4. The highest BCUT2D eigenvalue weighted by Gasteiger charge is 2.25. The molecule has 0 saturated heterocycles. The van der Waals surface area contributed by atoms with Crippen molar-refractivity contribution in [2.24, 2.45) is 0 Å². The summed E-state index contributed by atoms with van der Waals surface area (Å²) in [6.07, 6.45) is -1.11. The first-order chi connectivity index (χ1) is 16.8. The minimum absolute atomic E-state index is 0.0143. The summed E-state index contributed by atoms with van der Waals surface area (Å²) in [4.78, 5) is 25.7. The highest BCUT2D eigenvalue weighted by Crippen LogP contribution is 2.25. The van der Waals surface area contributed by atoms with E-state index in [9.17, 15) is 26.8 Å². The van der Waals surface area contributed by atoms with Gasteiger partial charge >= 0.3 is 12.6 Å². The van der Waals surface area contributed by atoms with E-state index < -0.39 is 34.5 Å². The van der Waals surface area contributed by atoms with E-state index in [-0.39, 0.29) is 16.2 Å². The van der Waals surface area contributed by atoms with Gasteiger partial charge in [-0.15, -0.1) is 0 Å². The Morgan fingerprint density at radius 3 is 2.08 bits per heavy atom. The molecule has 1 atom stereocenters. The van der Waals surface area contributed by atoms with E-state index in [4.69, 9.17) is 4.74 Å². The number of hydrogen-bond acceptors (Lipinski definition) is 6. The highest BCUT2D eigenvalue weighted by atomic mass is 32.2. The first kappa shape index (κ1) is 27.0. The molecule has 0 aliphatic heterocycles. The fourth-order valence-electron chi connectivity index (χ4n) is 3.66. The number of halogens is 2. The Labute approximate surface area is 208 Å². The number of ketones is 1. The molecule has 2 aromatic carbocycles. The van der Waals surface area contributed by atoms with Crippen molar-refractivity contribution in [3.05, 3.63) is 77.1 Å². The molecule has 0 N–H and O–H groups in total. The van der Waals surface area contributed by atoms with Crippen LogP contribution < -0.4 is 4.74 Å². The molecule has 0 saturated carbocycles. The van der Waals surface area contributed by atoms with Crippen LogP contribution in [0, 0.1) is 13.8 Å². The van der Waals surface area contributed by atoms with Gasteiger partial charge in [0.25, 0.3) is 0 Å². The number of hydrogen-bond donors (Lipinski definition) is 0. The maximum Gasteiger partial charge on any atom is 0.387 e. The molecule has 3 rings (SSSR count). The maximum atomic E-state index is 13.1. The van der Waals surface area contributed by atoms with Crippen LogP contribution in [0.3, 0.4) is 0 Å². The number of carbonyl (C=O) groups excluding carboxylic acids is 2. The van der Waals surface area contributed by atoms with E-state index >= 15 is 0 Å². The number of aromatic nitrogens is 1. The van der Waals surface area contributed by atoms with E-state index in [1.807, 2.05) is 0 Å². The fourth-order valence-corrected chi connectivity index (χ4v) is 4.56. The van der Waals surface area contributed by atoms with Gasteiger partial charge in [-0.3, -0.25) is 4.79 Å². The lowest BCUT2D eigenvalue weighted by Crippen LogP contribution is -2.25. The predicted molar refractivity (Wildman–Crippen MR) is 128 cm³/mol. The lowest BCUT2D eigenvalue weighted by molar-refractivity contribution is -0.0498. The molecule has 192 valence electrons. The van der Waals surface area contributed by atoms with Crippen LogP contribution in [0.2, 0.25) is 0 Å². The minimum Gasteiger partial charge on any atom is -0.451 e.